The minimum atomic E-state index is -1.11. The predicted octanol–water partition coefficient (Wildman–Crippen LogP) is 3.85. The van der Waals surface area contributed by atoms with Gasteiger partial charge in [0.05, 0.1) is 0 Å². The second-order valence-electron chi connectivity index (χ2n) is 3.69. The highest BCUT2D eigenvalue weighted by Crippen LogP contribution is 2.23. The van der Waals surface area contributed by atoms with E-state index in [1.54, 1.807) is 0 Å². The Balaban J connectivity index is 4.43. The van der Waals surface area contributed by atoms with Crippen LogP contribution in [0.1, 0.15) is 34.1 Å². The van der Waals surface area contributed by atoms with E-state index in [0.717, 1.165) is 6.42 Å². The van der Waals surface area contributed by atoms with Gasteiger partial charge in [0.15, 0.2) is 8.24 Å². The van der Waals surface area contributed by atoms with Gasteiger partial charge in [-0.15, -0.1) is 0 Å². The molecular weight excluding hydrogens is 174 g/mol. The Morgan fingerprint density at radius 3 is 1.77 bits per heavy atom. The van der Waals surface area contributed by atoms with Crippen molar-refractivity contribution in [2.45, 2.75) is 52.2 Å². The molecule has 0 saturated carbocycles. The monoisotopic (exact) mass is 199 g/mol. The Morgan fingerprint density at radius 2 is 1.46 bits per heavy atom. The Labute approximate surface area is 84.9 Å². The van der Waals surface area contributed by atoms with Gasteiger partial charge in [0.1, 0.15) is 0 Å². The van der Waals surface area contributed by atoms with E-state index in [9.17, 15) is 0 Å². The maximum atomic E-state index is 2.52. The number of nitrogens with zero attached hydrogens (tertiary/aromatic N) is 1. The van der Waals surface area contributed by atoms with Crippen molar-refractivity contribution in [1.82, 2.24) is 4.57 Å². The van der Waals surface area contributed by atoms with Gasteiger partial charge in [-0.25, -0.2) is 0 Å². The van der Waals surface area contributed by atoms with Crippen molar-refractivity contribution in [3.63, 3.8) is 0 Å². The van der Waals surface area contributed by atoms with Crippen LogP contribution in [0.5, 0.6) is 0 Å². The number of hydrogen-bond donors (Lipinski definition) is 0. The summed E-state index contributed by atoms with van der Waals surface area (Å²) in [5, 5.41) is 0. The zero-order valence-corrected chi connectivity index (χ0v) is 10.9. The third-order valence-electron chi connectivity index (χ3n) is 3.29. The first-order valence-electron chi connectivity index (χ1n) is 5.56. The van der Waals surface area contributed by atoms with Gasteiger partial charge < -0.3 is 4.57 Å². The molecule has 0 unspecified atom stereocenters. The normalized spacial score (nSPS) is 12.4. The molecule has 0 aromatic rings. The summed E-state index contributed by atoms with van der Waals surface area (Å²) in [4.78, 5) is 0. The first kappa shape index (κ1) is 12.8. The lowest BCUT2D eigenvalue weighted by Crippen LogP contribution is -2.46. The second-order valence-corrected chi connectivity index (χ2v) is 8.96. The molecule has 0 bridgehead atoms. The molecule has 13 heavy (non-hydrogen) atoms. The second kappa shape index (κ2) is 6.25. The lowest BCUT2D eigenvalue weighted by Gasteiger charge is -2.37. The smallest absolute Gasteiger partial charge is 0.154 e. The molecule has 1 nitrogen and oxygen atoms in total. The van der Waals surface area contributed by atoms with Crippen molar-refractivity contribution in [3.8, 4) is 0 Å². The van der Waals surface area contributed by atoms with Crippen LogP contribution >= 0.6 is 0 Å². The maximum Gasteiger partial charge on any atom is 0.154 e. The molecule has 0 aliphatic carbocycles. The minimum Gasteiger partial charge on any atom is -0.406 e. The lowest BCUT2D eigenvalue weighted by molar-refractivity contribution is 0.657. The highest BCUT2D eigenvalue weighted by atomic mass is 28.3. The first-order valence-corrected chi connectivity index (χ1v) is 8.13. The molecule has 0 aliphatic heterocycles. The van der Waals surface area contributed by atoms with Gasteiger partial charge in [-0.2, -0.15) is 0 Å². The molecule has 0 aromatic heterocycles. The van der Waals surface area contributed by atoms with Gasteiger partial charge in [0.25, 0.3) is 0 Å². The van der Waals surface area contributed by atoms with Gasteiger partial charge in [-0.1, -0.05) is 33.8 Å². The van der Waals surface area contributed by atoms with E-state index in [2.05, 4.69) is 51.6 Å². The molecule has 0 radical (unpaired) electrons. The fourth-order valence-electron chi connectivity index (χ4n) is 1.92. The lowest BCUT2D eigenvalue weighted by atomic mass is 10.5. The summed E-state index contributed by atoms with van der Waals surface area (Å²) in [6.45, 7) is 9.22. The molecule has 78 valence electrons. The van der Waals surface area contributed by atoms with Crippen LogP contribution in [0.15, 0.2) is 12.3 Å². The van der Waals surface area contributed by atoms with Crippen LogP contribution in [-0.4, -0.2) is 19.8 Å². The van der Waals surface area contributed by atoms with Crippen LogP contribution in [0, 0.1) is 0 Å². The summed E-state index contributed by atoms with van der Waals surface area (Å²) in [6, 6.07) is 4.10. The largest absolute Gasteiger partial charge is 0.406 e. The zero-order chi connectivity index (χ0) is 10.3. The fraction of sp³-hybridized carbons (Fsp3) is 0.818. The van der Waals surface area contributed by atoms with Gasteiger partial charge in [0.2, 0.25) is 0 Å². The van der Waals surface area contributed by atoms with Crippen molar-refractivity contribution >= 4 is 8.24 Å². The zero-order valence-electron chi connectivity index (χ0n) is 9.93. The standard InChI is InChI=1S/C11H25NSi/c1-6-10-11-12(5)13(7-2,8-3)9-4/h10-11H,6-9H2,1-5H3/b11-10+. The van der Waals surface area contributed by atoms with Crippen LogP contribution in [-0.2, 0) is 0 Å². The molecule has 0 aromatic carbocycles. The molecule has 2 heteroatoms. The van der Waals surface area contributed by atoms with Gasteiger partial charge in [-0.05, 0) is 37.8 Å². The first-order chi connectivity index (χ1) is 6.16. The molecule has 0 rings (SSSR count). The average molecular weight is 199 g/mol. The topological polar surface area (TPSA) is 3.24 Å². The Bertz CT molecular complexity index is 142. The third kappa shape index (κ3) is 3.18. The van der Waals surface area contributed by atoms with Crippen LogP contribution in [0.25, 0.3) is 0 Å². The molecule has 0 N–H and O–H groups in total. The van der Waals surface area contributed by atoms with Gasteiger partial charge >= 0.3 is 0 Å². The van der Waals surface area contributed by atoms with Gasteiger partial charge in [-0.3, -0.25) is 0 Å². The van der Waals surface area contributed by atoms with Crippen molar-refractivity contribution in [2.24, 2.45) is 0 Å². The summed E-state index contributed by atoms with van der Waals surface area (Å²) in [6.07, 6.45) is 5.71. The molecule has 0 spiro atoms. The Kier molecular flexibility index (Phi) is 6.13. The van der Waals surface area contributed by atoms with E-state index in [1.807, 2.05) is 0 Å². The number of rotatable bonds is 6. The molecular formula is C11H25NSi. The predicted molar refractivity (Wildman–Crippen MR) is 64.4 cm³/mol. The number of hydrogen-bond acceptors (Lipinski definition) is 1. The van der Waals surface area contributed by atoms with E-state index in [-0.39, 0.29) is 0 Å². The molecule has 0 heterocycles. The van der Waals surface area contributed by atoms with E-state index < -0.39 is 8.24 Å². The van der Waals surface area contributed by atoms with E-state index >= 15 is 0 Å². The summed E-state index contributed by atoms with van der Waals surface area (Å²) < 4.78 is 2.52. The molecule has 0 fully saturated rings. The summed E-state index contributed by atoms with van der Waals surface area (Å²) in [7, 11) is 1.15. The molecule has 0 saturated heterocycles. The van der Waals surface area contributed by atoms with Crippen molar-refractivity contribution in [2.75, 3.05) is 7.05 Å². The average Bonchev–Trinajstić information content (AvgIpc) is 2.18. The minimum absolute atomic E-state index is 1.11. The van der Waals surface area contributed by atoms with E-state index in [4.69, 9.17) is 0 Å². The summed E-state index contributed by atoms with van der Waals surface area (Å²) >= 11 is 0. The van der Waals surface area contributed by atoms with Crippen LogP contribution < -0.4 is 0 Å². The summed E-state index contributed by atoms with van der Waals surface area (Å²) in [5.41, 5.74) is 0. The summed E-state index contributed by atoms with van der Waals surface area (Å²) in [5.74, 6) is 0. The Morgan fingerprint density at radius 1 is 1.00 bits per heavy atom. The van der Waals surface area contributed by atoms with Crippen molar-refractivity contribution in [1.29, 1.82) is 0 Å². The van der Waals surface area contributed by atoms with Crippen molar-refractivity contribution < 1.29 is 0 Å². The SMILES string of the molecule is CC/C=C/N(C)[Si](CC)(CC)CC. The maximum absolute atomic E-state index is 2.52. The van der Waals surface area contributed by atoms with Crippen LogP contribution in [0.2, 0.25) is 18.1 Å². The molecule has 0 atom stereocenters. The quantitative estimate of drug-likeness (QED) is 0.587. The molecule has 0 amide bonds. The Hall–Kier alpha value is -0.243. The van der Waals surface area contributed by atoms with Crippen molar-refractivity contribution in [3.05, 3.63) is 12.3 Å². The van der Waals surface area contributed by atoms with Gasteiger partial charge in [0, 0.05) is 0 Å². The van der Waals surface area contributed by atoms with Crippen LogP contribution in [0.3, 0.4) is 0 Å². The van der Waals surface area contributed by atoms with E-state index in [1.165, 1.54) is 18.1 Å². The highest BCUT2D eigenvalue weighted by Gasteiger charge is 2.30. The highest BCUT2D eigenvalue weighted by molar-refractivity contribution is 6.77. The molecule has 0 aliphatic rings. The van der Waals surface area contributed by atoms with E-state index in [0.29, 0.717) is 0 Å². The third-order valence-corrected chi connectivity index (χ3v) is 8.88. The van der Waals surface area contributed by atoms with Crippen LogP contribution in [0.4, 0.5) is 0 Å². The fourth-order valence-corrected chi connectivity index (χ4v) is 5.34. The number of allylic oxidation sites excluding steroid dienone is 1.